The maximum Gasteiger partial charge on any atom is 0.354 e. The molecule has 0 atom stereocenters. The van der Waals surface area contributed by atoms with Crippen LogP contribution in [0.15, 0.2) is 18.2 Å². The molecule has 1 saturated heterocycles. The fourth-order valence-corrected chi connectivity index (χ4v) is 3.56. The van der Waals surface area contributed by atoms with Crippen molar-refractivity contribution >= 4 is 34.4 Å². The van der Waals surface area contributed by atoms with Gasteiger partial charge in [0.1, 0.15) is 5.69 Å². The number of ether oxygens (including phenoxy) is 1. The van der Waals surface area contributed by atoms with E-state index < -0.39 is 5.97 Å². The van der Waals surface area contributed by atoms with E-state index in [1.54, 1.807) is 25.1 Å². The van der Waals surface area contributed by atoms with E-state index in [2.05, 4.69) is 23.7 Å². The number of piperazine rings is 1. The molecule has 2 heterocycles. The SMILES string of the molecule is CCOC(=O)c1cc2c(Cl)c(C(=O)N3CCN(C(C)C)CC3)ccc2[nH]1. The van der Waals surface area contributed by atoms with Gasteiger partial charge in [0.15, 0.2) is 0 Å². The molecular formula is C19H24ClN3O3. The van der Waals surface area contributed by atoms with Crippen LogP contribution >= 0.6 is 11.6 Å². The molecular weight excluding hydrogens is 354 g/mol. The van der Waals surface area contributed by atoms with Gasteiger partial charge in [-0.2, -0.15) is 0 Å². The Morgan fingerprint density at radius 1 is 1.23 bits per heavy atom. The number of esters is 1. The first-order chi connectivity index (χ1) is 12.4. The molecule has 0 aliphatic carbocycles. The van der Waals surface area contributed by atoms with Gasteiger partial charge in [-0.05, 0) is 39.0 Å². The maximum absolute atomic E-state index is 12.9. The molecule has 0 radical (unpaired) electrons. The van der Waals surface area contributed by atoms with Crippen molar-refractivity contribution in [1.29, 1.82) is 0 Å². The van der Waals surface area contributed by atoms with E-state index >= 15 is 0 Å². The van der Waals surface area contributed by atoms with Gasteiger partial charge in [-0.25, -0.2) is 4.79 Å². The Morgan fingerprint density at radius 2 is 1.92 bits per heavy atom. The average molecular weight is 378 g/mol. The second-order valence-electron chi connectivity index (χ2n) is 6.71. The summed E-state index contributed by atoms with van der Waals surface area (Å²) in [6.07, 6.45) is 0. The molecule has 0 spiro atoms. The molecule has 1 aromatic heterocycles. The molecule has 7 heteroatoms. The van der Waals surface area contributed by atoms with E-state index in [1.807, 2.05) is 4.90 Å². The van der Waals surface area contributed by atoms with E-state index in [0.717, 1.165) is 13.1 Å². The Kier molecular flexibility index (Phi) is 5.53. The van der Waals surface area contributed by atoms with Crippen LogP contribution in [0.4, 0.5) is 0 Å². The number of fused-ring (bicyclic) bond motifs is 1. The van der Waals surface area contributed by atoms with Crippen LogP contribution in [0.1, 0.15) is 41.6 Å². The van der Waals surface area contributed by atoms with Crippen molar-refractivity contribution in [3.63, 3.8) is 0 Å². The number of rotatable bonds is 4. The minimum Gasteiger partial charge on any atom is -0.461 e. The number of hydrogen-bond acceptors (Lipinski definition) is 4. The van der Waals surface area contributed by atoms with Crippen molar-refractivity contribution in [3.8, 4) is 0 Å². The van der Waals surface area contributed by atoms with Gasteiger partial charge in [-0.1, -0.05) is 11.6 Å². The molecule has 3 rings (SSSR count). The van der Waals surface area contributed by atoms with Gasteiger partial charge >= 0.3 is 5.97 Å². The van der Waals surface area contributed by atoms with Crippen LogP contribution in [0.25, 0.3) is 10.9 Å². The molecule has 1 amide bonds. The maximum atomic E-state index is 12.9. The smallest absolute Gasteiger partial charge is 0.354 e. The lowest BCUT2D eigenvalue weighted by Crippen LogP contribution is -2.50. The van der Waals surface area contributed by atoms with Crippen LogP contribution in [0, 0.1) is 0 Å². The van der Waals surface area contributed by atoms with Gasteiger partial charge in [0.2, 0.25) is 0 Å². The van der Waals surface area contributed by atoms with Crippen molar-refractivity contribution < 1.29 is 14.3 Å². The topological polar surface area (TPSA) is 65.6 Å². The summed E-state index contributed by atoms with van der Waals surface area (Å²) < 4.78 is 5.01. The molecule has 0 unspecified atom stereocenters. The van der Waals surface area contributed by atoms with E-state index in [-0.39, 0.29) is 5.91 Å². The molecule has 1 N–H and O–H groups in total. The Hall–Kier alpha value is -2.05. The summed E-state index contributed by atoms with van der Waals surface area (Å²) in [4.78, 5) is 32.0. The fourth-order valence-electron chi connectivity index (χ4n) is 3.26. The van der Waals surface area contributed by atoms with Crippen LogP contribution in [0.2, 0.25) is 5.02 Å². The van der Waals surface area contributed by atoms with Crippen LogP contribution in [0.5, 0.6) is 0 Å². The summed E-state index contributed by atoms with van der Waals surface area (Å²) in [5, 5.41) is 1.02. The minimum atomic E-state index is -0.433. The highest BCUT2D eigenvalue weighted by molar-refractivity contribution is 6.38. The fraction of sp³-hybridized carbons (Fsp3) is 0.474. The first-order valence-corrected chi connectivity index (χ1v) is 9.31. The number of aromatic nitrogens is 1. The number of carbonyl (C=O) groups excluding carboxylic acids is 2. The van der Waals surface area contributed by atoms with E-state index in [1.165, 1.54) is 0 Å². The van der Waals surface area contributed by atoms with Crippen LogP contribution < -0.4 is 0 Å². The quantitative estimate of drug-likeness (QED) is 0.831. The molecule has 1 aromatic carbocycles. The monoisotopic (exact) mass is 377 g/mol. The first kappa shape index (κ1) is 18.7. The zero-order chi connectivity index (χ0) is 18.8. The van der Waals surface area contributed by atoms with Crippen molar-refractivity contribution in [2.75, 3.05) is 32.8 Å². The van der Waals surface area contributed by atoms with E-state index in [9.17, 15) is 9.59 Å². The molecule has 0 bridgehead atoms. The Morgan fingerprint density at radius 3 is 2.54 bits per heavy atom. The normalized spacial score (nSPS) is 15.7. The Bertz CT molecular complexity index is 823. The standard InChI is InChI=1S/C19H24ClN3O3/c1-4-26-19(25)16-11-14-15(21-16)6-5-13(17(14)20)18(24)23-9-7-22(8-10-23)12(2)3/h5-6,11-12,21H,4,7-10H2,1-3H3. The zero-order valence-electron chi connectivity index (χ0n) is 15.3. The number of carbonyl (C=O) groups is 2. The minimum absolute atomic E-state index is 0.0702. The molecule has 1 fully saturated rings. The third kappa shape index (κ3) is 3.57. The van der Waals surface area contributed by atoms with Crippen LogP contribution in [-0.2, 0) is 4.74 Å². The number of halogens is 1. The van der Waals surface area contributed by atoms with E-state index in [4.69, 9.17) is 16.3 Å². The van der Waals surface area contributed by atoms with Crippen molar-refractivity contribution in [2.24, 2.45) is 0 Å². The van der Waals surface area contributed by atoms with Gasteiger partial charge in [0, 0.05) is 43.1 Å². The van der Waals surface area contributed by atoms with Gasteiger partial charge < -0.3 is 14.6 Å². The van der Waals surface area contributed by atoms with Crippen molar-refractivity contribution in [3.05, 3.63) is 34.5 Å². The Balaban J connectivity index is 1.83. The van der Waals surface area contributed by atoms with Crippen LogP contribution in [-0.4, -0.2) is 65.5 Å². The number of nitrogens with zero attached hydrogens (tertiary/aromatic N) is 2. The van der Waals surface area contributed by atoms with Gasteiger partial charge in [-0.15, -0.1) is 0 Å². The third-order valence-corrected chi connectivity index (χ3v) is 5.20. The van der Waals surface area contributed by atoms with Crippen molar-refractivity contribution in [1.82, 2.24) is 14.8 Å². The van der Waals surface area contributed by atoms with Gasteiger partial charge in [0.25, 0.3) is 5.91 Å². The number of benzene rings is 1. The molecule has 140 valence electrons. The summed E-state index contributed by atoms with van der Waals surface area (Å²) in [6, 6.07) is 5.62. The summed E-state index contributed by atoms with van der Waals surface area (Å²) in [5.74, 6) is -0.503. The zero-order valence-corrected chi connectivity index (χ0v) is 16.1. The second kappa shape index (κ2) is 7.68. The highest BCUT2D eigenvalue weighted by atomic mass is 35.5. The average Bonchev–Trinajstić information content (AvgIpc) is 3.07. The van der Waals surface area contributed by atoms with Gasteiger partial charge in [-0.3, -0.25) is 9.69 Å². The molecule has 1 aliphatic rings. The predicted molar refractivity (Wildman–Crippen MR) is 102 cm³/mol. The molecule has 0 saturated carbocycles. The summed E-state index contributed by atoms with van der Waals surface area (Å²) >= 11 is 6.50. The number of H-pyrrole nitrogens is 1. The molecule has 1 aliphatic heterocycles. The molecule has 6 nitrogen and oxygen atoms in total. The second-order valence-corrected chi connectivity index (χ2v) is 7.09. The predicted octanol–water partition coefficient (Wildman–Crippen LogP) is 3.16. The van der Waals surface area contributed by atoms with Crippen LogP contribution in [0.3, 0.4) is 0 Å². The number of aromatic amines is 1. The van der Waals surface area contributed by atoms with E-state index in [0.29, 0.717) is 52.9 Å². The molecule has 26 heavy (non-hydrogen) atoms. The first-order valence-electron chi connectivity index (χ1n) is 8.94. The van der Waals surface area contributed by atoms with Crippen molar-refractivity contribution in [2.45, 2.75) is 26.8 Å². The lowest BCUT2D eigenvalue weighted by Gasteiger charge is -2.37. The lowest BCUT2D eigenvalue weighted by atomic mass is 10.1. The molecule has 2 aromatic rings. The largest absolute Gasteiger partial charge is 0.461 e. The number of amides is 1. The summed E-state index contributed by atoms with van der Waals surface area (Å²) in [7, 11) is 0. The summed E-state index contributed by atoms with van der Waals surface area (Å²) in [5.41, 5.74) is 1.50. The third-order valence-electron chi connectivity index (χ3n) is 4.80. The Labute approximate surface area is 158 Å². The number of hydrogen-bond donors (Lipinski definition) is 1. The number of nitrogens with one attached hydrogen (secondary N) is 1. The highest BCUT2D eigenvalue weighted by Crippen LogP contribution is 2.29. The van der Waals surface area contributed by atoms with Gasteiger partial charge in [0.05, 0.1) is 17.2 Å². The highest BCUT2D eigenvalue weighted by Gasteiger charge is 2.25. The lowest BCUT2D eigenvalue weighted by molar-refractivity contribution is 0.0520. The summed E-state index contributed by atoms with van der Waals surface area (Å²) in [6.45, 7) is 9.47.